The highest BCUT2D eigenvalue weighted by molar-refractivity contribution is 5.78. The second-order valence-electron chi connectivity index (χ2n) is 4.57. The van der Waals surface area contributed by atoms with Crippen molar-refractivity contribution in [1.29, 1.82) is 0 Å². The van der Waals surface area contributed by atoms with Crippen LogP contribution in [-0.4, -0.2) is 74.6 Å². The van der Waals surface area contributed by atoms with E-state index in [-0.39, 0.29) is 5.91 Å². The lowest BCUT2D eigenvalue weighted by molar-refractivity contribution is -0.121. The molecule has 0 aromatic rings. The van der Waals surface area contributed by atoms with Crippen molar-refractivity contribution in [1.82, 2.24) is 20.4 Å². The van der Waals surface area contributed by atoms with Crippen LogP contribution in [0, 0.1) is 0 Å². The summed E-state index contributed by atoms with van der Waals surface area (Å²) in [6.45, 7) is 9.04. The second-order valence-corrected chi connectivity index (χ2v) is 4.57. The van der Waals surface area contributed by atoms with E-state index in [0.29, 0.717) is 6.54 Å². The van der Waals surface area contributed by atoms with Crippen LogP contribution < -0.4 is 10.6 Å². The van der Waals surface area contributed by atoms with Crippen molar-refractivity contribution in [2.24, 2.45) is 0 Å². The summed E-state index contributed by atoms with van der Waals surface area (Å²) in [5, 5.41) is 6.26. The fourth-order valence-corrected chi connectivity index (χ4v) is 2.28. The summed E-state index contributed by atoms with van der Waals surface area (Å²) in [6.07, 6.45) is 1.08. The number of hydrogen-bond donors (Lipinski definition) is 2. The third kappa shape index (κ3) is 3.73. The number of nitrogens with one attached hydrogen (secondary N) is 2. The smallest absolute Gasteiger partial charge is 0.234 e. The van der Waals surface area contributed by atoms with Gasteiger partial charge in [0, 0.05) is 52.4 Å². The maximum Gasteiger partial charge on any atom is 0.234 e. The lowest BCUT2D eigenvalue weighted by Crippen LogP contribution is -2.46. The average Bonchev–Trinajstić information content (AvgIpc) is 2.52. The first-order chi connectivity index (χ1) is 7.84. The standard InChI is InChI=1S/C11H22N4O/c16-11-10-15(5-1-2-13-11)9-8-14-6-3-12-4-7-14/h12H,1-10H2,(H,13,16). The minimum absolute atomic E-state index is 0.179. The molecule has 0 spiro atoms. The van der Waals surface area contributed by atoms with Gasteiger partial charge in [-0.05, 0) is 6.42 Å². The summed E-state index contributed by atoms with van der Waals surface area (Å²) in [4.78, 5) is 16.1. The zero-order valence-electron chi connectivity index (χ0n) is 9.87. The fourth-order valence-electron chi connectivity index (χ4n) is 2.28. The molecule has 5 nitrogen and oxygen atoms in total. The molecule has 16 heavy (non-hydrogen) atoms. The van der Waals surface area contributed by atoms with E-state index in [1.165, 1.54) is 0 Å². The van der Waals surface area contributed by atoms with Crippen molar-refractivity contribution in [3.63, 3.8) is 0 Å². The average molecular weight is 226 g/mol. The fraction of sp³-hybridized carbons (Fsp3) is 0.909. The maximum absolute atomic E-state index is 11.4. The molecule has 2 aliphatic heterocycles. The molecule has 0 aromatic carbocycles. The molecule has 92 valence electrons. The number of carbonyl (C=O) groups excluding carboxylic acids is 1. The van der Waals surface area contributed by atoms with Crippen LogP contribution in [0.1, 0.15) is 6.42 Å². The highest BCUT2D eigenvalue weighted by atomic mass is 16.2. The third-order valence-electron chi connectivity index (χ3n) is 3.28. The predicted octanol–water partition coefficient (Wildman–Crippen LogP) is -1.29. The minimum Gasteiger partial charge on any atom is -0.355 e. The number of nitrogens with zero attached hydrogens (tertiary/aromatic N) is 2. The van der Waals surface area contributed by atoms with Crippen LogP contribution in [0.3, 0.4) is 0 Å². The lowest BCUT2D eigenvalue weighted by Gasteiger charge is -2.29. The molecule has 1 amide bonds. The van der Waals surface area contributed by atoms with Crippen LogP contribution >= 0.6 is 0 Å². The monoisotopic (exact) mass is 226 g/mol. The molecule has 2 aliphatic rings. The van der Waals surface area contributed by atoms with Gasteiger partial charge in [-0.1, -0.05) is 0 Å². The first-order valence-corrected chi connectivity index (χ1v) is 6.27. The second kappa shape index (κ2) is 6.18. The Morgan fingerprint density at radius 2 is 1.75 bits per heavy atom. The molecule has 0 radical (unpaired) electrons. The van der Waals surface area contributed by atoms with Gasteiger partial charge in [-0.2, -0.15) is 0 Å². The molecule has 0 atom stereocenters. The van der Waals surface area contributed by atoms with Crippen molar-refractivity contribution in [2.45, 2.75) is 6.42 Å². The molecule has 0 aromatic heterocycles. The highest BCUT2D eigenvalue weighted by Gasteiger charge is 2.16. The van der Waals surface area contributed by atoms with Gasteiger partial charge in [0.1, 0.15) is 0 Å². The Morgan fingerprint density at radius 3 is 2.56 bits per heavy atom. The van der Waals surface area contributed by atoms with Crippen LogP contribution in [-0.2, 0) is 4.79 Å². The van der Waals surface area contributed by atoms with Gasteiger partial charge in [-0.25, -0.2) is 0 Å². The van der Waals surface area contributed by atoms with Crippen LogP contribution in [0.2, 0.25) is 0 Å². The summed E-state index contributed by atoms with van der Waals surface area (Å²) in [5.41, 5.74) is 0. The molecule has 0 aliphatic carbocycles. The van der Waals surface area contributed by atoms with E-state index in [0.717, 1.165) is 58.8 Å². The van der Waals surface area contributed by atoms with Crippen LogP contribution in [0.25, 0.3) is 0 Å². The molecule has 2 fully saturated rings. The lowest BCUT2D eigenvalue weighted by atomic mass is 10.3. The van der Waals surface area contributed by atoms with Gasteiger partial charge >= 0.3 is 0 Å². The van der Waals surface area contributed by atoms with Gasteiger partial charge in [-0.3, -0.25) is 14.6 Å². The Bertz CT molecular complexity index is 228. The van der Waals surface area contributed by atoms with Crippen LogP contribution in [0.15, 0.2) is 0 Å². The molecule has 2 N–H and O–H groups in total. The predicted molar refractivity (Wildman–Crippen MR) is 63.4 cm³/mol. The summed E-state index contributed by atoms with van der Waals surface area (Å²) < 4.78 is 0. The maximum atomic E-state index is 11.4. The van der Waals surface area contributed by atoms with Gasteiger partial charge in [0.05, 0.1) is 6.54 Å². The van der Waals surface area contributed by atoms with Crippen molar-refractivity contribution >= 4 is 5.91 Å². The minimum atomic E-state index is 0.179. The number of amides is 1. The Labute approximate surface area is 97.2 Å². The van der Waals surface area contributed by atoms with Gasteiger partial charge < -0.3 is 10.6 Å². The van der Waals surface area contributed by atoms with E-state index in [4.69, 9.17) is 0 Å². The highest BCUT2D eigenvalue weighted by Crippen LogP contribution is 1.98. The van der Waals surface area contributed by atoms with E-state index in [1.807, 2.05) is 0 Å². The summed E-state index contributed by atoms with van der Waals surface area (Å²) in [5.74, 6) is 0.179. The quantitative estimate of drug-likeness (QED) is 0.629. The number of hydrogen-bond acceptors (Lipinski definition) is 4. The van der Waals surface area contributed by atoms with Crippen molar-refractivity contribution in [3.8, 4) is 0 Å². The Hall–Kier alpha value is -0.650. The van der Waals surface area contributed by atoms with E-state index in [1.54, 1.807) is 0 Å². The molecular formula is C11H22N4O. The Morgan fingerprint density at radius 1 is 1.00 bits per heavy atom. The zero-order chi connectivity index (χ0) is 11.2. The molecule has 0 bridgehead atoms. The summed E-state index contributed by atoms with van der Waals surface area (Å²) >= 11 is 0. The molecule has 2 rings (SSSR count). The van der Waals surface area contributed by atoms with E-state index < -0.39 is 0 Å². The topological polar surface area (TPSA) is 47.6 Å². The van der Waals surface area contributed by atoms with Crippen LogP contribution in [0.4, 0.5) is 0 Å². The zero-order valence-corrected chi connectivity index (χ0v) is 9.87. The van der Waals surface area contributed by atoms with Gasteiger partial charge in [-0.15, -0.1) is 0 Å². The molecule has 5 heteroatoms. The normalized spacial score (nSPS) is 25.1. The number of rotatable bonds is 3. The first-order valence-electron chi connectivity index (χ1n) is 6.27. The Balaban J connectivity index is 1.69. The summed E-state index contributed by atoms with van der Waals surface area (Å²) in [6, 6.07) is 0. The van der Waals surface area contributed by atoms with E-state index in [9.17, 15) is 4.79 Å². The molecule has 0 saturated carbocycles. The Kier molecular flexibility index (Phi) is 4.56. The van der Waals surface area contributed by atoms with Gasteiger partial charge in [0.15, 0.2) is 0 Å². The van der Waals surface area contributed by atoms with Crippen molar-refractivity contribution < 1.29 is 4.79 Å². The van der Waals surface area contributed by atoms with E-state index in [2.05, 4.69) is 20.4 Å². The third-order valence-corrected chi connectivity index (χ3v) is 3.28. The number of carbonyl (C=O) groups is 1. The molecule has 0 unspecified atom stereocenters. The van der Waals surface area contributed by atoms with Crippen molar-refractivity contribution in [2.75, 3.05) is 58.9 Å². The van der Waals surface area contributed by atoms with E-state index >= 15 is 0 Å². The van der Waals surface area contributed by atoms with Gasteiger partial charge in [0.25, 0.3) is 0 Å². The molecule has 2 heterocycles. The number of piperazine rings is 1. The largest absolute Gasteiger partial charge is 0.355 e. The SMILES string of the molecule is O=C1CN(CCN2CCNCC2)CCCN1. The van der Waals surface area contributed by atoms with Gasteiger partial charge in [0.2, 0.25) is 5.91 Å². The molecular weight excluding hydrogens is 204 g/mol. The molecule has 2 saturated heterocycles. The van der Waals surface area contributed by atoms with Crippen molar-refractivity contribution in [3.05, 3.63) is 0 Å². The van der Waals surface area contributed by atoms with Crippen LogP contribution in [0.5, 0.6) is 0 Å². The summed E-state index contributed by atoms with van der Waals surface area (Å²) in [7, 11) is 0. The first kappa shape index (κ1) is 11.8.